The van der Waals surface area contributed by atoms with Gasteiger partial charge in [-0.05, 0) is 31.2 Å². The standard InChI is InChI=1S/C15H11N5O/c1-10-13(20-8-3-2-6-12(20)17-10)15-18-14(19-21-15)11-5-4-7-16-9-11/h2-9H,1H3. The molecule has 0 aliphatic heterocycles. The summed E-state index contributed by atoms with van der Waals surface area (Å²) in [4.78, 5) is 13.0. The molecule has 21 heavy (non-hydrogen) atoms. The zero-order valence-corrected chi connectivity index (χ0v) is 11.3. The minimum Gasteiger partial charge on any atom is -0.332 e. The van der Waals surface area contributed by atoms with Gasteiger partial charge in [0.1, 0.15) is 11.3 Å². The van der Waals surface area contributed by atoms with E-state index < -0.39 is 0 Å². The average Bonchev–Trinajstić information content (AvgIpc) is 3.11. The predicted octanol–water partition coefficient (Wildman–Crippen LogP) is 2.75. The van der Waals surface area contributed by atoms with Crippen molar-refractivity contribution in [3.05, 3.63) is 54.6 Å². The van der Waals surface area contributed by atoms with Crippen LogP contribution in [0.4, 0.5) is 0 Å². The predicted molar refractivity (Wildman–Crippen MR) is 76.5 cm³/mol. The van der Waals surface area contributed by atoms with Crippen molar-refractivity contribution in [1.82, 2.24) is 24.5 Å². The van der Waals surface area contributed by atoms with E-state index in [0.717, 1.165) is 22.6 Å². The van der Waals surface area contributed by atoms with Crippen molar-refractivity contribution >= 4 is 5.65 Å². The molecule has 0 spiro atoms. The monoisotopic (exact) mass is 277 g/mol. The number of fused-ring (bicyclic) bond motifs is 1. The van der Waals surface area contributed by atoms with E-state index in [1.54, 1.807) is 12.4 Å². The van der Waals surface area contributed by atoms with Crippen LogP contribution in [0.25, 0.3) is 28.6 Å². The van der Waals surface area contributed by atoms with Gasteiger partial charge in [-0.2, -0.15) is 4.98 Å². The first-order chi connectivity index (χ1) is 10.3. The minimum atomic E-state index is 0.449. The van der Waals surface area contributed by atoms with Gasteiger partial charge in [-0.3, -0.25) is 9.38 Å². The summed E-state index contributed by atoms with van der Waals surface area (Å²) >= 11 is 0. The first kappa shape index (κ1) is 11.8. The molecule has 6 nitrogen and oxygen atoms in total. The van der Waals surface area contributed by atoms with Gasteiger partial charge in [0.2, 0.25) is 5.82 Å². The molecular weight excluding hydrogens is 266 g/mol. The fourth-order valence-electron chi connectivity index (χ4n) is 2.30. The lowest BCUT2D eigenvalue weighted by Crippen LogP contribution is -1.89. The van der Waals surface area contributed by atoms with Gasteiger partial charge in [-0.1, -0.05) is 11.2 Å². The molecule has 4 aromatic heterocycles. The van der Waals surface area contributed by atoms with E-state index in [2.05, 4.69) is 20.1 Å². The Morgan fingerprint density at radius 2 is 2.05 bits per heavy atom. The number of rotatable bonds is 2. The summed E-state index contributed by atoms with van der Waals surface area (Å²) in [5.41, 5.74) is 3.33. The van der Waals surface area contributed by atoms with E-state index in [1.165, 1.54) is 0 Å². The lowest BCUT2D eigenvalue weighted by Gasteiger charge is -1.96. The van der Waals surface area contributed by atoms with Crippen molar-refractivity contribution in [3.63, 3.8) is 0 Å². The molecule has 0 amide bonds. The Labute approximate surface area is 120 Å². The van der Waals surface area contributed by atoms with E-state index in [1.807, 2.05) is 47.9 Å². The van der Waals surface area contributed by atoms with Gasteiger partial charge in [0.25, 0.3) is 5.89 Å². The number of nitrogens with zero attached hydrogens (tertiary/aromatic N) is 5. The number of pyridine rings is 2. The van der Waals surface area contributed by atoms with Crippen LogP contribution in [0.2, 0.25) is 0 Å². The lowest BCUT2D eigenvalue weighted by molar-refractivity contribution is 0.430. The van der Waals surface area contributed by atoms with E-state index in [0.29, 0.717) is 11.7 Å². The van der Waals surface area contributed by atoms with E-state index in [4.69, 9.17) is 4.52 Å². The van der Waals surface area contributed by atoms with E-state index in [-0.39, 0.29) is 0 Å². The molecule has 0 radical (unpaired) electrons. The van der Waals surface area contributed by atoms with E-state index in [9.17, 15) is 0 Å². The molecule has 0 atom stereocenters. The van der Waals surface area contributed by atoms with Gasteiger partial charge in [-0.15, -0.1) is 0 Å². The SMILES string of the molecule is Cc1nc2ccccn2c1-c1nc(-c2cccnc2)no1. The highest BCUT2D eigenvalue weighted by molar-refractivity contribution is 5.62. The summed E-state index contributed by atoms with van der Waals surface area (Å²) in [6, 6.07) is 9.55. The van der Waals surface area contributed by atoms with Gasteiger partial charge in [0.15, 0.2) is 0 Å². The molecule has 0 fully saturated rings. The summed E-state index contributed by atoms with van der Waals surface area (Å²) in [7, 11) is 0. The molecular formula is C15H11N5O. The fraction of sp³-hybridized carbons (Fsp3) is 0.0667. The smallest absolute Gasteiger partial charge is 0.277 e. The van der Waals surface area contributed by atoms with Crippen LogP contribution in [0, 0.1) is 6.92 Å². The third kappa shape index (κ3) is 1.88. The molecule has 0 aliphatic carbocycles. The first-order valence-corrected chi connectivity index (χ1v) is 6.51. The summed E-state index contributed by atoms with van der Waals surface area (Å²) in [6.07, 6.45) is 5.34. The molecule has 4 heterocycles. The Morgan fingerprint density at radius 1 is 1.10 bits per heavy atom. The summed E-state index contributed by atoms with van der Waals surface area (Å²) in [6.45, 7) is 1.93. The van der Waals surface area contributed by atoms with Gasteiger partial charge < -0.3 is 4.52 Å². The van der Waals surface area contributed by atoms with Crippen LogP contribution < -0.4 is 0 Å². The Morgan fingerprint density at radius 3 is 2.90 bits per heavy atom. The first-order valence-electron chi connectivity index (χ1n) is 6.51. The normalized spacial score (nSPS) is 11.1. The van der Waals surface area contributed by atoms with Crippen LogP contribution in [0.5, 0.6) is 0 Å². The molecule has 0 aliphatic rings. The van der Waals surface area contributed by atoms with Gasteiger partial charge in [0.05, 0.1) is 5.69 Å². The number of hydrogen-bond acceptors (Lipinski definition) is 5. The van der Waals surface area contributed by atoms with Crippen LogP contribution in [0.3, 0.4) is 0 Å². The zero-order valence-electron chi connectivity index (χ0n) is 11.3. The highest BCUT2D eigenvalue weighted by Crippen LogP contribution is 2.25. The Hall–Kier alpha value is -3.02. The molecule has 0 N–H and O–H groups in total. The molecule has 6 heteroatoms. The highest BCUT2D eigenvalue weighted by Gasteiger charge is 2.17. The summed E-state index contributed by atoms with van der Waals surface area (Å²) in [5.74, 6) is 0.966. The molecule has 0 saturated carbocycles. The van der Waals surface area contributed by atoms with Crippen molar-refractivity contribution in [2.75, 3.05) is 0 Å². The molecule has 4 aromatic rings. The van der Waals surface area contributed by atoms with Crippen LogP contribution in [0.1, 0.15) is 5.69 Å². The zero-order chi connectivity index (χ0) is 14.2. The van der Waals surface area contributed by atoms with Crippen LogP contribution in [-0.2, 0) is 0 Å². The largest absolute Gasteiger partial charge is 0.332 e. The Bertz CT molecular complexity index is 910. The maximum Gasteiger partial charge on any atom is 0.277 e. The number of aryl methyl sites for hydroxylation is 1. The third-order valence-electron chi connectivity index (χ3n) is 3.25. The van der Waals surface area contributed by atoms with Crippen LogP contribution in [-0.4, -0.2) is 24.5 Å². The molecule has 0 unspecified atom stereocenters. The Balaban J connectivity index is 1.87. The third-order valence-corrected chi connectivity index (χ3v) is 3.25. The second kappa shape index (κ2) is 4.52. The van der Waals surface area contributed by atoms with Crippen molar-refractivity contribution in [2.24, 2.45) is 0 Å². The maximum atomic E-state index is 5.40. The molecule has 0 bridgehead atoms. The van der Waals surface area contributed by atoms with Crippen LogP contribution in [0.15, 0.2) is 53.4 Å². The van der Waals surface area contributed by atoms with Crippen LogP contribution >= 0.6 is 0 Å². The molecule has 4 rings (SSSR count). The number of imidazole rings is 1. The van der Waals surface area contributed by atoms with Crippen molar-refractivity contribution < 1.29 is 4.52 Å². The topological polar surface area (TPSA) is 69.1 Å². The minimum absolute atomic E-state index is 0.449. The van der Waals surface area contributed by atoms with Crippen molar-refractivity contribution in [3.8, 4) is 23.0 Å². The van der Waals surface area contributed by atoms with Gasteiger partial charge >= 0.3 is 0 Å². The highest BCUT2D eigenvalue weighted by atomic mass is 16.5. The van der Waals surface area contributed by atoms with Crippen molar-refractivity contribution in [2.45, 2.75) is 6.92 Å². The second-order valence-corrected chi connectivity index (χ2v) is 4.64. The average molecular weight is 277 g/mol. The Kier molecular flexibility index (Phi) is 2.53. The molecule has 102 valence electrons. The summed E-state index contributed by atoms with van der Waals surface area (Å²) in [5, 5.41) is 4.02. The van der Waals surface area contributed by atoms with Gasteiger partial charge in [-0.25, -0.2) is 4.98 Å². The quantitative estimate of drug-likeness (QED) is 0.563. The summed E-state index contributed by atoms with van der Waals surface area (Å²) < 4.78 is 7.34. The number of aromatic nitrogens is 5. The number of hydrogen-bond donors (Lipinski definition) is 0. The van der Waals surface area contributed by atoms with Gasteiger partial charge in [0, 0.05) is 24.2 Å². The van der Waals surface area contributed by atoms with Crippen molar-refractivity contribution in [1.29, 1.82) is 0 Å². The fourth-order valence-corrected chi connectivity index (χ4v) is 2.30. The van der Waals surface area contributed by atoms with E-state index >= 15 is 0 Å². The molecule has 0 saturated heterocycles. The second-order valence-electron chi connectivity index (χ2n) is 4.64. The molecule has 0 aromatic carbocycles. The lowest BCUT2D eigenvalue weighted by atomic mass is 10.3. The maximum absolute atomic E-state index is 5.40.